The zero-order valence-electron chi connectivity index (χ0n) is 27.8. The van der Waals surface area contributed by atoms with E-state index in [1.165, 1.54) is 64.2 Å². The zero-order valence-corrected chi connectivity index (χ0v) is 27.8. The Bertz CT molecular complexity index is 1230. The van der Waals surface area contributed by atoms with E-state index in [0.29, 0.717) is 37.6 Å². The van der Waals surface area contributed by atoms with Crippen molar-refractivity contribution in [3.63, 3.8) is 0 Å². The molecule has 0 saturated carbocycles. The molecule has 2 aromatic rings. The molecule has 2 amide bonds. The van der Waals surface area contributed by atoms with E-state index in [4.69, 9.17) is 19.9 Å². The highest BCUT2D eigenvalue weighted by molar-refractivity contribution is 6.03. The molecule has 46 heavy (non-hydrogen) atoms. The van der Waals surface area contributed by atoms with Gasteiger partial charge in [-0.25, -0.2) is 4.79 Å². The van der Waals surface area contributed by atoms with E-state index in [2.05, 4.69) is 17.2 Å². The van der Waals surface area contributed by atoms with Crippen LogP contribution in [0.25, 0.3) is 11.1 Å². The van der Waals surface area contributed by atoms with Crippen LogP contribution in [0.1, 0.15) is 109 Å². The van der Waals surface area contributed by atoms with Crippen molar-refractivity contribution in [1.82, 2.24) is 5.32 Å². The summed E-state index contributed by atoms with van der Waals surface area (Å²) in [6.45, 7) is 4.98. The smallest absolute Gasteiger partial charge is 0.435 e. The van der Waals surface area contributed by atoms with E-state index in [-0.39, 0.29) is 36.1 Å². The number of nitrogens with zero attached hydrogens (tertiary/aromatic N) is 1. The van der Waals surface area contributed by atoms with Gasteiger partial charge in [0.2, 0.25) is 5.91 Å². The summed E-state index contributed by atoms with van der Waals surface area (Å²) in [6, 6.07) is 15.0. The number of amidine groups is 1. The van der Waals surface area contributed by atoms with Gasteiger partial charge in [-0.15, -0.1) is 0 Å². The summed E-state index contributed by atoms with van der Waals surface area (Å²) in [5.74, 6) is -0.0736. The average molecular weight is 636 g/mol. The van der Waals surface area contributed by atoms with Crippen molar-refractivity contribution >= 4 is 23.8 Å². The first-order chi connectivity index (χ1) is 22.4. The monoisotopic (exact) mass is 635 g/mol. The number of aliphatic imine (C=N–C) groups is 1. The summed E-state index contributed by atoms with van der Waals surface area (Å²) >= 11 is 0. The normalized spacial score (nSPS) is 16.2. The van der Waals surface area contributed by atoms with E-state index < -0.39 is 6.09 Å². The summed E-state index contributed by atoms with van der Waals surface area (Å²) in [6.07, 6.45) is 15.0. The van der Waals surface area contributed by atoms with Crippen molar-refractivity contribution in [3.05, 3.63) is 54.1 Å². The van der Waals surface area contributed by atoms with Gasteiger partial charge in [0.1, 0.15) is 18.2 Å². The Labute approximate surface area is 274 Å². The lowest BCUT2D eigenvalue weighted by molar-refractivity contribution is -0.145. The Balaban J connectivity index is 1.32. The minimum absolute atomic E-state index is 0.0881. The number of nitrogens with one attached hydrogen (secondary N) is 1. The van der Waals surface area contributed by atoms with E-state index in [1.807, 2.05) is 48.5 Å². The molecule has 1 aliphatic heterocycles. The first-order valence-electron chi connectivity index (χ1n) is 17.2. The van der Waals surface area contributed by atoms with Crippen molar-refractivity contribution in [2.24, 2.45) is 16.6 Å². The molecule has 1 aliphatic rings. The molecule has 3 rings (SSSR count). The van der Waals surface area contributed by atoms with Crippen LogP contribution in [-0.2, 0) is 19.1 Å². The summed E-state index contributed by atoms with van der Waals surface area (Å²) in [4.78, 5) is 39.9. The predicted octanol–water partition coefficient (Wildman–Crippen LogP) is 7.73. The molecule has 0 radical (unpaired) electrons. The van der Waals surface area contributed by atoms with Gasteiger partial charge < -0.3 is 25.3 Å². The van der Waals surface area contributed by atoms with Crippen LogP contribution in [0, 0.1) is 5.92 Å². The number of amides is 2. The number of rotatable bonds is 21. The summed E-state index contributed by atoms with van der Waals surface area (Å²) in [7, 11) is 0. The topological polar surface area (TPSA) is 129 Å². The molecular formula is C37H53N3O6. The van der Waals surface area contributed by atoms with Crippen LogP contribution in [0.2, 0.25) is 0 Å². The fraction of sp³-hybridized carbons (Fsp3) is 0.568. The van der Waals surface area contributed by atoms with Crippen molar-refractivity contribution < 1.29 is 28.6 Å². The van der Waals surface area contributed by atoms with E-state index in [0.717, 1.165) is 24.0 Å². The van der Waals surface area contributed by atoms with Crippen LogP contribution in [-0.4, -0.2) is 49.7 Å². The molecule has 2 atom stereocenters. The molecular weight excluding hydrogens is 582 g/mol. The number of hydrogen-bond acceptors (Lipinski definition) is 6. The van der Waals surface area contributed by atoms with Crippen LogP contribution in [0.4, 0.5) is 4.79 Å². The standard InChI is InChI=1S/C37H53N3O6/c1-3-5-6-7-8-9-10-11-12-13-14-15-24-45-37(43)40-35(38)30-18-16-28(17-19-30)29-20-22-33(23-21-29)46-27-32-25-31(36(42)39-32)26-34(41)44-4-2/h16-23,31-32H,3-15,24-27H2,1-2H3,(H,39,42)(H2,38,40,43)/t31-,32-/m0/s1. The van der Waals surface area contributed by atoms with Gasteiger partial charge in [-0.3, -0.25) is 9.59 Å². The second-order valence-electron chi connectivity index (χ2n) is 12.1. The number of carbonyl (C=O) groups excluding carboxylic acids is 3. The van der Waals surface area contributed by atoms with Crippen molar-refractivity contribution in [1.29, 1.82) is 0 Å². The molecule has 252 valence electrons. The molecule has 1 saturated heterocycles. The second kappa shape index (κ2) is 21.0. The first-order valence-corrected chi connectivity index (χ1v) is 17.2. The van der Waals surface area contributed by atoms with Crippen molar-refractivity contribution in [3.8, 4) is 16.9 Å². The lowest BCUT2D eigenvalue weighted by Crippen LogP contribution is -2.31. The molecule has 0 aromatic heterocycles. The largest absolute Gasteiger partial charge is 0.491 e. The molecule has 0 unspecified atom stereocenters. The van der Waals surface area contributed by atoms with Crippen LogP contribution in [0.5, 0.6) is 5.75 Å². The summed E-state index contributed by atoms with van der Waals surface area (Å²) in [5, 5.41) is 2.89. The van der Waals surface area contributed by atoms with Gasteiger partial charge in [0.05, 0.1) is 31.6 Å². The van der Waals surface area contributed by atoms with Gasteiger partial charge in [-0.2, -0.15) is 4.99 Å². The Morgan fingerprint density at radius 1 is 0.804 bits per heavy atom. The zero-order chi connectivity index (χ0) is 33.0. The highest BCUT2D eigenvalue weighted by Gasteiger charge is 2.34. The Morgan fingerprint density at radius 3 is 1.96 bits per heavy atom. The maximum atomic E-state index is 12.2. The van der Waals surface area contributed by atoms with Crippen LogP contribution in [0.15, 0.2) is 53.5 Å². The molecule has 1 fully saturated rings. The van der Waals surface area contributed by atoms with E-state index in [1.54, 1.807) is 6.92 Å². The van der Waals surface area contributed by atoms with Crippen molar-refractivity contribution in [2.75, 3.05) is 19.8 Å². The van der Waals surface area contributed by atoms with Crippen LogP contribution in [0.3, 0.4) is 0 Å². The molecule has 0 bridgehead atoms. The average Bonchev–Trinajstić information content (AvgIpc) is 3.40. The Kier molecular flexibility index (Phi) is 16.7. The third-order valence-corrected chi connectivity index (χ3v) is 8.26. The third kappa shape index (κ3) is 13.6. The molecule has 9 nitrogen and oxygen atoms in total. The molecule has 2 aromatic carbocycles. The van der Waals surface area contributed by atoms with Gasteiger partial charge in [0.25, 0.3) is 0 Å². The number of esters is 1. The Hall–Kier alpha value is -3.88. The molecule has 9 heteroatoms. The van der Waals surface area contributed by atoms with Gasteiger partial charge >= 0.3 is 12.1 Å². The highest BCUT2D eigenvalue weighted by atomic mass is 16.5. The molecule has 3 N–H and O–H groups in total. The van der Waals surface area contributed by atoms with Gasteiger partial charge in [0, 0.05) is 5.56 Å². The number of nitrogens with two attached hydrogens (primary N) is 1. The Morgan fingerprint density at radius 2 is 1.37 bits per heavy atom. The van der Waals surface area contributed by atoms with E-state index >= 15 is 0 Å². The SMILES string of the molecule is CCCCCCCCCCCCCCOC(=O)/N=C(\N)c1ccc(-c2ccc(OC[C@@H]3C[C@@H](CC(=O)OCC)C(=O)N3)cc2)cc1. The van der Waals surface area contributed by atoms with E-state index in [9.17, 15) is 14.4 Å². The molecule has 1 heterocycles. The van der Waals surface area contributed by atoms with Gasteiger partial charge in [-0.1, -0.05) is 114 Å². The molecule has 0 spiro atoms. The third-order valence-electron chi connectivity index (χ3n) is 8.26. The fourth-order valence-electron chi connectivity index (χ4n) is 5.61. The quantitative estimate of drug-likeness (QED) is 0.0621. The molecule has 0 aliphatic carbocycles. The number of benzene rings is 2. The van der Waals surface area contributed by atoms with Gasteiger partial charge in [0.15, 0.2) is 0 Å². The minimum atomic E-state index is -0.660. The van der Waals surface area contributed by atoms with Crippen LogP contribution >= 0.6 is 0 Å². The lowest BCUT2D eigenvalue weighted by Gasteiger charge is -2.12. The summed E-state index contributed by atoms with van der Waals surface area (Å²) < 4.78 is 16.1. The van der Waals surface area contributed by atoms with Crippen LogP contribution < -0.4 is 15.8 Å². The van der Waals surface area contributed by atoms with Gasteiger partial charge in [-0.05, 0) is 43.0 Å². The first kappa shape index (κ1) is 36.6. The predicted molar refractivity (Wildman–Crippen MR) is 182 cm³/mol. The number of ether oxygens (including phenoxy) is 3. The lowest BCUT2D eigenvalue weighted by atomic mass is 10.0. The second-order valence-corrected chi connectivity index (χ2v) is 12.1. The number of unbranched alkanes of at least 4 members (excludes halogenated alkanes) is 11. The number of hydrogen-bond donors (Lipinski definition) is 2. The van der Waals surface area contributed by atoms with Crippen molar-refractivity contribution in [2.45, 2.75) is 110 Å². The fourth-order valence-corrected chi connectivity index (χ4v) is 5.61. The minimum Gasteiger partial charge on any atom is -0.491 e. The summed E-state index contributed by atoms with van der Waals surface area (Å²) in [5.41, 5.74) is 8.68. The highest BCUT2D eigenvalue weighted by Crippen LogP contribution is 2.25. The maximum Gasteiger partial charge on any atom is 0.435 e. The maximum absolute atomic E-state index is 12.2. The number of carbonyl (C=O) groups is 3.